The SMILES string of the molecule is CC(C)Oc1cccc(N[C@H]2CC[C@@H](C(=O)NS(=O)(=O)c3ccc(Cl)cc3)CC[C@@H]2O)c1. The molecular weight excluding hydrogens is 452 g/mol. The van der Waals surface area contributed by atoms with E-state index in [1.54, 1.807) is 0 Å². The van der Waals surface area contributed by atoms with Gasteiger partial charge in [0.15, 0.2) is 0 Å². The topological polar surface area (TPSA) is 105 Å². The molecule has 2 aromatic rings. The number of halogens is 1. The smallest absolute Gasteiger partial charge is 0.264 e. The number of hydrogen-bond donors (Lipinski definition) is 3. The lowest BCUT2D eigenvalue weighted by molar-refractivity contribution is -0.123. The van der Waals surface area contributed by atoms with Crippen LogP contribution in [0.3, 0.4) is 0 Å². The molecule has 3 N–H and O–H groups in total. The summed E-state index contributed by atoms with van der Waals surface area (Å²) in [5.41, 5.74) is 0.820. The van der Waals surface area contributed by atoms with Gasteiger partial charge in [0.25, 0.3) is 10.0 Å². The van der Waals surface area contributed by atoms with E-state index < -0.39 is 28.0 Å². The Bertz CT molecular complexity index is 1030. The zero-order valence-electron chi connectivity index (χ0n) is 18.1. The van der Waals surface area contributed by atoms with Crippen LogP contribution in [0.25, 0.3) is 0 Å². The van der Waals surface area contributed by atoms with Crippen molar-refractivity contribution >= 4 is 33.2 Å². The monoisotopic (exact) mass is 480 g/mol. The van der Waals surface area contributed by atoms with Gasteiger partial charge in [-0.2, -0.15) is 0 Å². The van der Waals surface area contributed by atoms with Crippen LogP contribution >= 0.6 is 11.6 Å². The number of carbonyl (C=O) groups is 1. The summed E-state index contributed by atoms with van der Waals surface area (Å²) in [4.78, 5) is 12.7. The van der Waals surface area contributed by atoms with Crippen molar-refractivity contribution in [1.82, 2.24) is 4.72 Å². The molecule has 9 heteroatoms. The van der Waals surface area contributed by atoms with E-state index in [-0.39, 0.29) is 17.0 Å². The molecular formula is C23H29ClN2O5S. The van der Waals surface area contributed by atoms with Crippen LogP contribution in [0.2, 0.25) is 5.02 Å². The molecule has 1 aliphatic carbocycles. The Balaban J connectivity index is 1.62. The van der Waals surface area contributed by atoms with Crippen molar-refractivity contribution in [1.29, 1.82) is 0 Å². The normalized spacial score (nSPS) is 21.6. The van der Waals surface area contributed by atoms with Gasteiger partial charge in [0.2, 0.25) is 5.91 Å². The fourth-order valence-corrected chi connectivity index (χ4v) is 4.92. The maximum absolute atomic E-state index is 12.7. The van der Waals surface area contributed by atoms with Crippen LogP contribution in [0.4, 0.5) is 5.69 Å². The molecule has 174 valence electrons. The second-order valence-corrected chi connectivity index (χ2v) is 10.4. The number of anilines is 1. The van der Waals surface area contributed by atoms with Crippen LogP contribution < -0.4 is 14.8 Å². The first-order chi connectivity index (χ1) is 15.1. The molecule has 3 rings (SSSR count). The summed E-state index contributed by atoms with van der Waals surface area (Å²) in [7, 11) is -3.98. The molecule has 1 fully saturated rings. The largest absolute Gasteiger partial charge is 0.491 e. The average Bonchev–Trinajstić information content (AvgIpc) is 2.90. The Kier molecular flexibility index (Phi) is 8.03. The molecule has 7 nitrogen and oxygen atoms in total. The summed E-state index contributed by atoms with van der Waals surface area (Å²) >= 11 is 5.80. The second kappa shape index (κ2) is 10.6. The molecule has 0 aromatic heterocycles. The molecule has 0 spiro atoms. The van der Waals surface area contributed by atoms with Crippen molar-refractivity contribution in [3.05, 3.63) is 53.6 Å². The van der Waals surface area contributed by atoms with Crippen LogP contribution in [0.15, 0.2) is 53.4 Å². The molecule has 0 heterocycles. The molecule has 1 amide bonds. The molecule has 2 aromatic carbocycles. The summed E-state index contributed by atoms with van der Waals surface area (Å²) in [5, 5.41) is 14.3. The van der Waals surface area contributed by atoms with Crippen molar-refractivity contribution in [2.24, 2.45) is 5.92 Å². The Morgan fingerprint density at radius 2 is 1.78 bits per heavy atom. The third-order valence-corrected chi connectivity index (χ3v) is 7.00. The summed E-state index contributed by atoms with van der Waals surface area (Å²) in [6.07, 6.45) is 1.16. The number of benzene rings is 2. The summed E-state index contributed by atoms with van der Waals surface area (Å²) in [6, 6.07) is 12.9. The van der Waals surface area contributed by atoms with Gasteiger partial charge in [0.1, 0.15) is 5.75 Å². The first-order valence-corrected chi connectivity index (χ1v) is 12.5. The van der Waals surface area contributed by atoms with Gasteiger partial charge in [0, 0.05) is 22.7 Å². The molecule has 0 bridgehead atoms. The maximum atomic E-state index is 12.7. The van der Waals surface area contributed by atoms with Crippen molar-refractivity contribution < 1.29 is 23.1 Å². The van der Waals surface area contributed by atoms with Gasteiger partial charge in [-0.15, -0.1) is 0 Å². The summed E-state index contributed by atoms with van der Waals surface area (Å²) in [5.74, 6) is -0.327. The fourth-order valence-electron chi connectivity index (χ4n) is 3.76. The number of aliphatic hydroxyl groups is 1. The highest BCUT2D eigenvalue weighted by atomic mass is 35.5. The highest BCUT2D eigenvalue weighted by Crippen LogP contribution is 2.28. The first kappa shape index (κ1) is 24.4. The van der Waals surface area contributed by atoms with E-state index in [4.69, 9.17) is 16.3 Å². The Morgan fingerprint density at radius 1 is 1.09 bits per heavy atom. The number of ether oxygens (including phenoxy) is 1. The van der Waals surface area contributed by atoms with E-state index in [0.717, 1.165) is 11.4 Å². The number of sulfonamides is 1. The molecule has 0 radical (unpaired) electrons. The first-order valence-electron chi connectivity index (χ1n) is 10.7. The van der Waals surface area contributed by atoms with Crippen molar-refractivity contribution in [2.45, 2.75) is 62.7 Å². The van der Waals surface area contributed by atoms with E-state index in [2.05, 4.69) is 10.0 Å². The van der Waals surface area contributed by atoms with Crippen LogP contribution in [0, 0.1) is 5.92 Å². The molecule has 0 unspecified atom stereocenters. The molecule has 32 heavy (non-hydrogen) atoms. The van der Waals surface area contributed by atoms with Crippen molar-refractivity contribution in [2.75, 3.05) is 5.32 Å². The predicted octanol–water partition coefficient (Wildman–Crippen LogP) is 3.96. The quantitative estimate of drug-likeness (QED) is 0.518. The fraction of sp³-hybridized carbons (Fsp3) is 0.435. The number of rotatable bonds is 7. The Labute approximate surface area is 194 Å². The van der Waals surface area contributed by atoms with Crippen molar-refractivity contribution in [3.63, 3.8) is 0 Å². The molecule has 1 aliphatic rings. The Hall–Kier alpha value is -2.29. The van der Waals surface area contributed by atoms with Gasteiger partial charge < -0.3 is 15.2 Å². The molecule has 0 aliphatic heterocycles. The number of nitrogens with one attached hydrogen (secondary N) is 2. The lowest BCUT2D eigenvalue weighted by Crippen LogP contribution is -2.35. The average molecular weight is 481 g/mol. The third-order valence-electron chi connectivity index (χ3n) is 5.39. The second-order valence-electron chi connectivity index (χ2n) is 8.29. The summed E-state index contributed by atoms with van der Waals surface area (Å²) in [6.45, 7) is 3.90. The van der Waals surface area contributed by atoms with Gasteiger partial charge in [0.05, 0.1) is 23.1 Å². The standard InChI is InChI=1S/C23H29ClN2O5S/c1-15(2)31-19-5-3-4-18(14-19)25-21-12-6-16(7-13-22(21)27)23(28)26-32(29,30)20-10-8-17(24)9-11-20/h3-5,8-11,14-16,21-22,25,27H,6-7,12-13H2,1-2H3,(H,26,28)/t16-,21+,22+/m1/s1. The minimum atomic E-state index is -3.98. The minimum Gasteiger partial charge on any atom is -0.491 e. The lowest BCUT2D eigenvalue weighted by Gasteiger charge is -2.23. The molecule has 1 saturated carbocycles. The molecule has 3 atom stereocenters. The highest BCUT2D eigenvalue weighted by Gasteiger charge is 2.31. The highest BCUT2D eigenvalue weighted by molar-refractivity contribution is 7.90. The lowest BCUT2D eigenvalue weighted by atomic mass is 10.00. The molecule has 0 saturated heterocycles. The van der Waals surface area contributed by atoms with Crippen LogP contribution in [0.5, 0.6) is 5.75 Å². The third kappa shape index (κ3) is 6.60. The van der Waals surface area contributed by atoms with Gasteiger partial charge in [-0.3, -0.25) is 4.79 Å². The number of amides is 1. The van der Waals surface area contributed by atoms with E-state index in [0.29, 0.717) is 30.7 Å². The Morgan fingerprint density at radius 3 is 2.47 bits per heavy atom. The van der Waals surface area contributed by atoms with Gasteiger partial charge in [-0.1, -0.05) is 17.7 Å². The van der Waals surface area contributed by atoms with E-state index >= 15 is 0 Å². The number of hydrogen-bond acceptors (Lipinski definition) is 6. The zero-order chi connectivity index (χ0) is 23.3. The summed E-state index contributed by atoms with van der Waals surface area (Å²) < 4.78 is 32.9. The number of aliphatic hydroxyl groups excluding tert-OH is 1. The van der Waals surface area contributed by atoms with E-state index in [1.165, 1.54) is 24.3 Å². The number of carbonyl (C=O) groups excluding carboxylic acids is 1. The van der Waals surface area contributed by atoms with Crippen LogP contribution in [-0.2, 0) is 14.8 Å². The van der Waals surface area contributed by atoms with Gasteiger partial charge in [-0.25, -0.2) is 13.1 Å². The van der Waals surface area contributed by atoms with Crippen LogP contribution in [-0.4, -0.2) is 37.7 Å². The zero-order valence-corrected chi connectivity index (χ0v) is 19.7. The van der Waals surface area contributed by atoms with E-state index in [9.17, 15) is 18.3 Å². The van der Waals surface area contributed by atoms with Crippen molar-refractivity contribution in [3.8, 4) is 5.75 Å². The van der Waals surface area contributed by atoms with Crippen LogP contribution in [0.1, 0.15) is 39.5 Å². The van der Waals surface area contributed by atoms with Gasteiger partial charge in [-0.05, 0) is 75.9 Å². The minimum absolute atomic E-state index is 0.0213. The van der Waals surface area contributed by atoms with Gasteiger partial charge >= 0.3 is 0 Å². The van der Waals surface area contributed by atoms with E-state index in [1.807, 2.05) is 38.1 Å². The maximum Gasteiger partial charge on any atom is 0.264 e. The predicted molar refractivity (Wildman–Crippen MR) is 124 cm³/mol.